The maximum atomic E-state index is 4.58. The second-order valence-electron chi connectivity index (χ2n) is 9.63. The summed E-state index contributed by atoms with van der Waals surface area (Å²) in [5.74, 6) is 0.470. The van der Waals surface area contributed by atoms with Gasteiger partial charge in [-0.3, -0.25) is 4.99 Å². The first-order valence-electron chi connectivity index (χ1n) is 12.9. The number of nitrogens with one attached hydrogen (secondary N) is 1. The van der Waals surface area contributed by atoms with Crippen LogP contribution in [0, 0.1) is 12.8 Å². The van der Waals surface area contributed by atoms with Gasteiger partial charge in [-0.25, -0.2) is 4.98 Å². The Labute approximate surface area is 220 Å². The second kappa shape index (κ2) is 12.8. The number of piperidine rings is 1. The summed E-state index contributed by atoms with van der Waals surface area (Å²) in [7, 11) is 0. The van der Waals surface area contributed by atoms with Crippen molar-refractivity contribution in [2.75, 3.05) is 19.6 Å². The molecule has 2 heterocycles. The van der Waals surface area contributed by atoms with Gasteiger partial charge in [-0.05, 0) is 88.5 Å². The molecule has 1 atom stereocenters. The van der Waals surface area contributed by atoms with Gasteiger partial charge in [-0.1, -0.05) is 55.1 Å². The molecule has 0 spiro atoms. The number of likely N-dealkylation sites (tertiary alicyclic amines) is 1. The molecule has 188 valence electrons. The third-order valence-corrected chi connectivity index (χ3v) is 7.79. The highest BCUT2D eigenvalue weighted by Crippen LogP contribution is 2.27. The lowest BCUT2D eigenvalue weighted by Crippen LogP contribution is -2.38. The van der Waals surface area contributed by atoms with E-state index in [1.54, 1.807) is 17.5 Å². The predicted octanol–water partition coefficient (Wildman–Crippen LogP) is 7.25. The number of hydrogen-bond acceptors (Lipinski definition) is 5. The first-order valence-corrected chi connectivity index (χ1v) is 13.8. The summed E-state index contributed by atoms with van der Waals surface area (Å²) in [6.45, 7) is 15.8. The number of thiazole rings is 1. The number of aliphatic imine (C=N–C) groups is 1. The molecule has 36 heavy (non-hydrogen) atoms. The molecule has 2 aromatic carbocycles. The third kappa shape index (κ3) is 6.80. The number of aryl methyl sites for hydroxylation is 2. The summed E-state index contributed by atoms with van der Waals surface area (Å²) in [5.41, 5.74) is 8.95. The van der Waals surface area contributed by atoms with Gasteiger partial charge in [0.05, 0.1) is 27.5 Å². The van der Waals surface area contributed by atoms with Crippen molar-refractivity contribution in [2.45, 2.75) is 45.6 Å². The molecule has 1 saturated heterocycles. The van der Waals surface area contributed by atoms with Gasteiger partial charge in [0, 0.05) is 17.8 Å². The first kappa shape index (κ1) is 26.1. The number of allylic oxidation sites excluding steroid dienone is 2. The third-order valence-electron chi connectivity index (χ3n) is 6.99. The fraction of sp³-hybridized carbons (Fsp3) is 0.355. The normalized spacial score (nSPS) is 16.4. The number of fused-ring (bicyclic) bond motifs is 1. The lowest BCUT2D eigenvalue weighted by atomic mass is 9.92. The van der Waals surface area contributed by atoms with Crippen molar-refractivity contribution in [3.63, 3.8) is 0 Å². The monoisotopic (exact) mass is 498 g/mol. The van der Waals surface area contributed by atoms with Crippen molar-refractivity contribution >= 4 is 27.3 Å². The molecule has 1 aromatic heterocycles. The second-order valence-corrected chi connectivity index (χ2v) is 10.5. The van der Waals surface area contributed by atoms with Crippen LogP contribution in [0.5, 0.6) is 0 Å². The Bertz CT molecular complexity index is 1230. The van der Waals surface area contributed by atoms with Gasteiger partial charge in [-0.2, -0.15) is 0 Å². The zero-order valence-electron chi connectivity index (χ0n) is 21.6. The molecule has 1 aliphatic rings. The summed E-state index contributed by atoms with van der Waals surface area (Å²) in [6.07, 6.45) is 10.3. The number of benzene rings is 2. The summed E-state index contributed by atoms with van der Waals surface area (Å²) >= 11 is 1.72. The SMILES string of the molecule is C=CN=C(/C=C\C)C(NC(=C)C1CCN(CCCc2ccc3ncsc3c2)CC1)c1cccc(C)c1. The molecule has 0 aliphatic carbocycles. The highest BCUT2D eigenvalue weighted by Gasteiger charge is 2.24. The zero-order valence-corrected chi connectivity index (χ0v) is 22.4. The quantitative estimate of drug-likeness (QED) is 0.283. The van der Waals surface area contributed by atoms with E-state index in [-0.39, 0.29) is 6.04 Å². The highest BCUT2D eigenvalue weighted by molar-refractivity contribution is 7.16. The Morgan fingerprint density at radius 2 is 2.08 bits per heavy atom. The van der Waals surface area contributed by atoms with E-state index < -0.39 is 0 Å². The van der Waals surface area contributed by atoms with Gasteiger partial charge in [0.15, 0.2) is 0 Å². The Balaban J connectivity index is 1.31. The Morgan fingerprint density at radius 1 is 1.25 bits per heavy atom. The van der Waals surface area contributed by atoms with Gasteiger partial charge in [0.25, 0.3) is 0 Å². The van der Waals surface area contributed by atoms with Crippen molar-refractivity contribution < 1.29 is 0 Å². The topological polar surface area (TPSA) is 40.5 Å². The lowest BCUT2D eigenvalue weighted by molar-refractivity contribution is 0.193. The first-order chi connectivity index (χ1) is 17.6. The van der Waals surface area contributed by atoms with Crippen LogP contribution in [0.25, 0.3) is 10.2 Å². The van der Waals surface area contributed by atoms with E-state index in [1.165, 1.54) is 27.8 Å². The average Bonchev–Trinajstić information content (AvgIpc) is 3.35. The molecule has 0 bridgehead atoms. The number of nitrogens with zero attached hydrogens (tertiary/aromatic N) is 3. The van der Waals surface area contributed by atoms with Crippen LogP contribution in [0.1, 0.15) is 48.9 Å². The zero-order chi connectivity index (χ0) is 25.3. The van der Waals surface area contributed by atoms with Gasteiger partial charge in [-0.15, -0.1) is 11.3 Å². The summed E-state index contributed by atoms with van der Waals surface area (Å²) in [4.78, 5) is 11.6. The smallest absolute Gasteiger partial charge is 0.0937 e. The lowest BCUT2D eigenvalue weighted by Gasteiger charge is -2.34. The van der Waals surface area contributed by atoms with E-state index in [0.29, 0.717) is 5.92 Å². The minimum atomic E-state index is -0.0412. The molecule has 4 rings (SSSR count). The standard InChI is InChI=1S/C31H38N4S/c1-5-9-29(32-6-2)31(27-12-7-10-23(3)20-27)34-24(4)26-15-18-35(19-16-26)17-8-11-25-13-14-28-30(21-25)36-22-33-28/h5-7,9-10,12-14,20-22,26,31,34H,2,4,8,11,15-19H2,1,3H3/b9-5-,32-29?. The van der Waals surface area contributed by atoms with Crippen molar-refractivity contribution in [3.8, 4) is 0 Å². The maximum Gasteiger partial charge on any atom is 0.0937 e. The number of rotatable bonds is 11. The van der Waals surface area contributed by atoms with Crippen LogP contribution in [0.4, 0.5) is 0 Å². The average molecular weight is 499 g/mol. The van der Waals surface area contributed by atoms with Gasteiger partial charge < -0.3 is 10.2 Å². The predicted molar refractivity (Wildman–Crippen MR) is 156 cm³/mol. The van der Waals surface area contributed by atoms with Crippen LogP contribution in [-0.2, 0) is 6.42 Å². The molecule has 1 unspecified atom stereocenters. The maximum absolute atomic E-state index is 4.58. The van der Waals surface area contributed by atoms with E-state index in [4.69, 9.17) is 0 Å². The molecule has 1 N–H and O–H groups in total. The van der Waals surface area contributed by atoms with Crippen LogP contribution in [0.15, 0.2) is 90.2 Å². The van der Waals surface area contributed by atoms with Gasteiger partial charge >= 0.3 is 0 Å². The van der Waals surface area contributed by atoms with Gasteiger partial charge in [0.1, 0.15) is 0 Å². The van der Waals surface area contributed by atoms with E-state index in [1.807, 2.05) is 18.5 Å². The molecule has 4 nitrogen and oxygen atoms in total. The largest absolute Gasteiger partial charge is 0.376 e. The van der Waals surface area contributed by atoms with Crippen molar-refractivity contribution in [1.82, 2.24) is 15.2 Å². The molecule has 0 radical (unpaired) electrons. The summed E-state index contributed by atoms with van der Waals surface area (Å²) in [5, 5.41) is 3.74. The van der Waals surface area contributed by atoms with Crippen LogP contribution in [-0.4, -0.2) is 35.2 Å². The summed E-state index contributed by atoms with van der Waals surface area (Å²) in [6, 6.07) is 15.3. The van der Waals surface area contributed by atoms with E-state index in [0.717, 1.165) is 55.8 Å². The molecule has 0 amide bonds. The van der Waals surface area contributed by atoms with Crippen molar-refractivity contribution in [2.24, 2.45) is 10.9 Å². The molecule has 0 saturated carbocycles. The minimum absolute atomic E-state index is 0.0412. The molecule has 5 heteroatoms. The van der Waals surface area contributed by atoms with Gasteiger partial charge in [0.2, 0.25) is 0 Å². The highest BCUT2D eigenvalue weighted by atomic mass is 32.1. The number of aromatic nitrogens is 1. The number of hydrogen-bond donors (Lipinski definition) is 1. The van der Waals surface area contributed by atoms with Crippen LogP contribution < -0.4 is 5.32 Å². The molecule has 3 aromatic rings. The van der Waals surface area contributed by atoms with Crippen molar-refractivity contribution in [1.29, 1.82) is 0 Å². The van der Waals surface area contributed by atoms with Crippen molar-refractivity contribution in [3.05, 3.63) is 102 Å². The molecular formula is C31H38N4S. The Morgan fingerprint density at radius 3 is 2.83 bits per heavy atom. The van der Waals surface area contributed by atoms with Crippen LogP contribution in [0.2, 0.25) is 0 Å². The van der Waals surface area contributed by atoms with E-state index in [9.17, 15) is 0 Å². The Hall–Kier alpha value is -3.02. The van der Waals surface area contributed by atoms with Crippen LogP contribution in [0.3, 0.4) is 0 Å². The van der Waals surface area contributed by atoms with Crippen LogP contribution >= 0.6 is 11.3 Å². The fourth-order valence-electron chi connectivity index (χ4n) is 5.04. The molecule has 1 aliphatic heterocycles. The van der Waals surface area contributed by atoms with E-state index >= 15 is 0 Å². The Kier molecular flexibility index (Phi) is 9.26. The minimum Gasteiger partial charge on any atom is -0.376 e. The van der Waals surface area contributed by atoms with E-state index in [2.05, 4.69) is 88.8 Å². The summed E-state index contributed by atoms with van der Waals surface area (Å²) < 4.78 is 1.29. The molecule has 1 fully saturated rings. The fourth-order valence-corrected chi connectivity index (χ4v) is 5.78. The molecular weight excluding hydrogens is 460 g/mol.